The first-order valence-corrected chi connectivity index (χ1v) is 16.9. The van der Waals surface area contributed by atoms with Crippen LogP contribution in [0.3, 0.4) is 0 Å². The van der Waals surface area contributed by atoms with Gasteiger partial charge in [0.2, 0.25) is 8.07 Å². The lowest BCUT2D eigenvalue weighted by Crippen LogP contribution is -2.70. The maximum absolute atomic E-state index is 6.32. The van der Waals surface area contributed by atoms with Crippen molar-refractivity contribution in [2.24, 2.45) is 5.92 Å². The van der Waals surface area contributed by atoms with Gasteiger partial charge in [-0.15, -0.1) is 0 Å². The molecular weight excluding hydrogens is 604 g/mol. The van der Waals surface area contributed by atoms with E-state index in [1.807, 2.05) is 36.4 Å². The fourth-order valence-electron chi connectivity index (χ4n) is 7.05. The third-order valence-corrected chi connectivity index (χ3v) is 14.6. The summed E-state index contributed by atoms with van der Waals surface area (Å²) in [5.74, 6) is 4.81. The molecule has 0 N–H and O–H groups in total. The van der Waals surface area contributed by atoms with Crippen LogP contribution in [0.15, 0.2) is 58.3 Å². The molecule has 9 nitrogen and oxygen atoms in total. The maximum atomic E-state index is 6.32. The quantitative estimate of drug-likeness (QED) is 0.186. The standard InChI is InChI=1S/C36H46O9Si/c1-20-21(2)23(4)33(22(20)3)46(34-27(40-8)17-14-24(37-5)30(34)43-11,35-28(41-9)18-15-25(38-6)31(35)44-12)36-29(42-10)19-16-26(39-7)32(36)45-13/h14-19,22H,1-13H3. The van der Waals surface area contributed by atoms with E-state index in [0.29, 0.717) is 51.7 Å². The smallest absolute Gasteiger partial charge is 0.204 e. The van der Waals surface area contributed by atoms with Gasteiger partial charge in [-0.05, 0) is 68.7 Å². The van der Waals surface area contributed by atoms with E-state index in [4.69, 9.17) is 42.6 Å². The number of rotatable bonds is 13. The first kappa shape index (κ1) is 34.4. The normalized spacial score (nSPS) is 14.7. The summed E-state index contributed by atoms with van der Waals surface area (Å²) in [6, 6.07) is 11.2. The van der Waals surface area contributed by atoms with Gasteiger partial charge in [-0.25, -0.2) is 0 Å². The molecule has 1 aliphatic rings. The van der Waals surface area contributed by atoms with Gasteiger partial charge in [-0.2, -0.15) is 0 Å². The van der Waals surface area contributed by atoms with Crippen LogP contribution < -0.4 is 58.2 Å². The second-order valence-electron chi connectivity index (χ2n) is 11.0. The van der Waals surface area contributed by atoms with Crippen molar-refractivity contribution in [2.45, 2.75) is 27.7 Å². The SMILES string of the molecule is COc1ccc(OC)c([Si](C2=C(C)C(C)=C(C)C2C)(c2c(OC)ccc(OC)c2OC)c2c(OC)ccc(OC)c2OC)c1OC. The van der Waals surface area contributed by atoms with Crippen LogP contribution >= 0.6 is 0 Å². The van der Waals surface area contributed by atoms with Gasteiger partial charge in [0.25, 0.3) is 0 Å². The monoisotopic (exact) mass is 650 g/mol. The minimum Gasteiger partial charge on any atom is -0.497 e. The number of benzene rings is 3. The zero-order chi connectivity index (χ0) is 33.9. The molecule has 0 aliphatic heterocycles. The highest BCUT2D eigenvalue weighted by molar-refractivity contribution is 7.18. The summed E-state index contributed by atoms with van der Waals surface area (Å²) in [6.07, 6.45) is 0. The molecule has 3 aromatic carbocycles. The van der Waals surface area contributed by atoms with Crippen LogP contribution in [0.2, 0.25) is 0 Å². The van der Waals surface area contributed by atoms with Crippen LogP contribution in [0.5, 0.6) is 51.7 Å². The average Bonchev–Trinajstić information content (AvgIpc) is 3.29. The molecule has 46 heavy (non-hydrogen) atoms. The van der Waals surface area contributed by atoms with Crippen LogP contribution in [0.4, 0.5) is 0 Å². The Bertz CT molecular complexity index is 1520. The van der Waals surface area contributed by atoms with Crippen LogP contribution in [-0.4, -0.2) is 72.1 Å². The molecule has 0 saturated carbocycles. The number of ether oxygens (including phenoxy) is 9. The van der Waals surface area contributed by atoms with Gasteiger partial charge in [-0.3, -0.25) is 0 Å². The van der Waals surface area contributed by atoms with E-state index in [-0.39, 0.29) is 5.92 Å². The van der Waals surface area contributed by atoms with Gasteiger partial charge in [0, 0.05) is 15.6 Å². The highest BCUT2D eigenvalue weighted by atomic mass is 28.3. The highest BCUT2D eigenvalue weighted by Gasteiger charge is 2.58. The molecular formula is C36H46O9Si. The van der Waals surface area contributed by atoms with Gasteiger partial charge in [0.05, 0.1) is 64.0 Å². The van der Waals surface area contributed by atoms with Gasteiger partial charge in [-0.1, -0.05) is 23.3 Å². The first-order valence-electron chi connectivity index (χ1n) is 14.9. The van der Waals surface area contributed by atoms with Crippen molar-refractivity contribution in [3.8, 4) is 51.7 Å². The summed E-state index contributed by atoms with van der Waals surface area (Å²) in [5.41, 5.74) is 3.57. The zero-order valence-corrected chi connectivity index (χ0v) is 30.2. The molecule has 0 radical (unpaired) electrons. The van der Waals surface area contributed by atoms with Gasteiger partial charge >= 0.3 is 0 Å². The summed E-state index contributed by atoms with van der Waals surface area (Å²) in [4.78, 5) is 0. The van der Waals surface area contributed by atoms with Gasteiger partial charge in [0.15, 0.2) is 34.5 Å². The predicted molar refractivity (Wildman–Crippen MR) is 183 cm³/mol. The van der Waals surface area contributed by atoms with Gasteiger partial charge in [0.1, 0.15) is 17.2 Å². The van der Waals surface area contributed by atoms with Crippen molar-refractivity contribution in [1.29, 1.82) is 0 Å². The number of hydrogen-bond donors (Lipinski definition) is 0. The first-order chi connectivity index (χ1) is 22.1. The van der Waals surface area contributed by atoms with E-state index in [0.717, 1.165) is 26.3 Å². The van der Waals surface area contributed by atoms with Crippen LogP contribution in [-0.2, 0) is 0 Å². The third-order valence-electron chi connectivity index (χ3n) is 9.35. The molecule has 4 rings (SSSR count). The van der Waals surface area contributed by atoms with Crippen LogP contribution in [0.1, 0.15) is 27.7 Å². The van der Waals surface area contributed by atoms with Crippen molar-refractivity contribution in [3.05, 3.63) is 58.3 Å². The molecule has 10 heteroatoms. The molecule has 0 bridgehead atoms. The molecule has 0 fully saturated rings. The van der Waals surface area contributed by atoms with Crippen molar-refractivity contribution >= 4 is 23.6 Å². The largest absolute Gasteiger partial charge is 0.497 e. The molecule has 0 saturated heterocycles. The van der Waals surface area contributed by atoms with Crippen molar-refractivity contribution in [3.63, 3.8) is 0 Å². The van der Waals surface area contributed by atoms with E-state index in [2.05, 4.69) is 27.7 Å². The Morgan fingerprint density at radius 3 is 0.913 bits per heavy atom. The lowest BCUT2D eigenvalue weighted by molar-refractivity contribution is 0.350. The zero-order valence-electron chi connectivity index (χ0n) is 29.2. The Kier molecular flexibility index (Phi) is 10.4. The maximum Gasteiger partial charge on any atom is 0.204 e. The molecule has 1 atom stereocenters. The van der Waals surface area contributed by atoms with Crippen LogP contribution in [0.25, 0.3) is 0 Å². The third kappa shape index (κ3) is 4.99. The van der Waals surface area contributed by atoms with E-state index in [1.165, 1.54) is 11.1 Å². The molecule has 248 valence electrons. The van der Waals surface area contributed by atoms with E-state index in [9.17, 15) is 0 Å². The molecule has 3 aromatic rings. The van der Waals surface area contributed by atoms with Crippen molar-refractivity contribution < 1.29 is 42.6 Å². The fraction of sp³-hybridized carbons (Fsp3) is 0.389. The minimum absolute atomic E-state index is 0.0338. The van der Waals surface area contributed by atoms with E-state index >= 15 is 0 Å². The lowest BCUT2D eigenvalue weighted by atomic mass is 10.1. The Labute approximate surface area is 273 Å². The predicted octanol–water partition coefficient (Wildman–Crippen LogP) is 5.08. The second-order valence-corrected chi connectivity index (χ2v) is 14.5. The van der Waals surface area contributed by atoms with Crippen LogP contribution in [0, 0.1) is 5.92 Å². The second kappa shape index (κ2) is 13.9. The number of methoxy groups -OCH3 is 9. The Morgan fingerprint density at radius 1 is 0.413 bits per heavy atom. The molecule has 0 spiro atoms. The summed E-state index contributed by atoms with van der Waals surface area (Å²) in [7, 11) is 10.8. The van der Waals surface area contributed by atoms with Crippen molar-refractivity contribution in [2.75, 3.05) is 64.0 Å². The number of hydrogen-bond acceptors (Lipinski definition) is 9. The summed E-state index contributed by atoms with van der Waals surface area (Å²) in [5, 5.41) is 3.42. The molecule has 1 aliphatic carbocycles. The Balaban J connectivity index is 2.60. The Morgan fingerprint density at radius 2 is 0.696 bits per heavy atom. The van der Waals surface area contributed by atoms with Crippen molar-refractivity contribution in [1.82, 2.24) is 0 Å². The molecule has 1 unspecified atom stereocenters. The fourth-order valence-corrected chi connectivity index (χ4v) is 13.6. The summed E-state index contributed by atoms with van der Waals surface area (Å²) >= 11 is 0. The van der Waals surface area contributed by atoms with E-state index in [1.54, 1.807) is 64.0 Å². The number of allylic oxidation sites excluding steroid dienone is 4. The summed E-state index contributed by atoms with van der Waals surface area (Å²) in [6.45, 7) is 8.73. The molecule has 0 aromatic heterocycles. The lowest BCUT2D eigenvalue weighted by Gasteiger charge is -2.42. The average molecular weight is 651 g/mol. The van der Waals surface area contributed by atoms with Gasteiger partial charge < -0.3 is 42.6 Å². The van der Waals surface area contributed by atoms with E-state index < -0.39 is 8.07 Å². The minimum atomic E-state index is -3.89. The molecule has 0 heterocycles. The Hall–Kier alpha value is -4.44. The summed E-state index contributed by atoms with van der Waals surface area (Å²) < 4.78 is 55.6. The molecule has 0 amide bonds. The highest BCUT2D eigenvalue weighted by Crippen LogP contribution is 2.49. The topological polar surface area (TPSA) is 83.1 Å².